The maximum absolute atomic E-state index is 4.37. The first kappa shape index (κ1) is 13.2. The molecule has 0 amide bonds. The van der Waals surface area contributed by atoms with Crippen LogP contribution < -0.4 is 0 Å². The molecule has 0 radical (unpaired) electrons. The molecular weight excluding hydrogens is 322 g/mol. The summed E-state index contributed by atoms with van der Waals surface area (Å²) in [7, 11) is 2.03. The minimum absolute atomic E-state index is 0.0305. The lowest BCUT2D eigenvalue weighted by Crippen LogP contribution is -2.45. The number of thioether (sulfide) groups is 1. The largest absolute Gasteiger partial charge is 0.320 e. The minimum atomic E-state index is 0.0305. The van der Waals surface area contributed by atoms with Crippen molar-refractivity contribution < 1.29 is 0 Å². The van der Waals surface area contributed by atoms with Crippen molar-refractivity contribution in [2.24, 2.45) is 7.05 Å². The van der Waals surface area contributed by atoms with Gasteiger partial charge in [-0.1, -0.05) is 28.1 Å². The van der Waals surface area contributed by atoms with E-state index in [9.17, 15) is 0 Å². The Kier molecular flexibility index (Phi) is 3.43. The van der Waals surface area contributed by atoms with Gasteiger partial charge in [0.1, 0.15) is 12.2 Å². The van der Waals surface area contributed by atoms with Crippen molar-refractivity contribution in [3.63, 3.8) is 0 Å². The van der Waals surface area contributed by atoms with E-state index in [0.717, 1.165) is 28.4 Å². The van der Waals surface area contributed by atoms with E-state index < -0.39 is 0 Å². The standard InChI is InChI=1S/C14H16BrN3S/c1-18-9-16-17-13(18)14(7-12(8-14)19-2)10-4-3-5-11(15)6-10/h3-6,9,12H,7-8H2,1-2H3. The Morgan fingerprint density at radius 1 is 1.42 bits per heavy atom. The van der Waals surface area contributed by atoms with E-state index in [4.69, 9.17) is 0 Å². The molecule has 0 spiro atoms. The van der Waals surface area contributed by atoms with Gasteiger partial charge in [0.05, 0.1) is 5.41 Å². The Balaban J connectivity index is 2.07. The number of aryl methyl sites for hydroxylation is 1. The van der Waals surface area contributed by atoms with E-state index in [-0.39, 0.29) is 5.41 Å². The van der Waals surface area contributed by atoms with E-state index in [2.05, 4.69) is 61.2 Å². The molecule has 1 aliphatic rings. The predicted octanol–water partition coefficient (Wildman–Crippen LogP) is 3.39. The van der Waals surface area contributed by atoms with Gasteiger partial charge in [-0.25, -0.2) is 0 Å². The summed E-state index contributed by atoms with van der Waals surface area (Å²) in [5, 5.41) is 9.15. The lowest BCUT2D eigenvalue weighted by Gasteiger charge is -2.46. The highest BCUT2D eigenvalue weighted by Crippen LogP contribution is 2.52. The molecule has 0 bridgehead atoms. The first-order valence-corrected chi connectivity index (χ1v) is 8.37. The molecule has 1 heterocycles. The van der Waals surface area contributed by atoms with Gasteiger partial charge >= 0.3 is 0 Å². The zero-order valence-corrected chi connectivity index (χ0v) is 13.4. The molecule has 0 unspecified atom stereocenters. The number of benzene rings is 1. The Bertz CT molecular complexity index is 590. The summed E-state index contributed by atoms with van der Waals surface area (Å²) in [5.74, 6) is 1.08. The summed E-state index contributed by atoms with van der Waals surface area (Å²) in [4.78, 5) is 0. The number of rotatable bonds is 3. The lowest BCUT2D eigenvalue weighted by atomic mass is 9.63. The number of nitrogens with zero attached hydrogens (tertiary/aromatic N) is 3. The Labute approximate surface area is 125 Å². The number of halogens is 1. The average molecular weight is 338 g/mol. The molecule has 1 fully saturated rings. The van der Waals surface area contributed by atoms with Crippen LogP contribution in [0.2, 0.25) is 0 Å². The van der Waals surface area contributed by atoms with Crippen LogP contribution in [-0.4, -0.2) is 26.3 Å². The van der Waals surface area contributed by atoms with E-state index in [1.165, 1.54) is 5.56 Å². The van der Waals surface area contributed by atoms with Crippen molar-refractivity contribution in [1.29, 1.82) is 0 Å². The van der Waals surface area contributed by atoms with Gasteiger partial charge in [0.2, 0.25) is 0 Å². The molecule has 3 nitrogen and oxygen atoms in total. The number of hydrogen-bond acceptors (Lipinski definition) is 3. The molecule has 0 N–H and O–H groups in total. The summed E-state index contributed by atoms with van der Waals surface area (Å²) in [6.45, 7) is 0. The smallest absolute Gasteiger partial charge is 0.143 e. The molecule has 100 valence electrons. The molecule has 0 saturated heterocycles. The molecule has 3 rings (SSSR count). The zero-order chi connectivity index (χ0) is 13.5. The third kappa shape index (κ3) is 2.13. The van der Waals surface area contributed by atoms with Gasteiger partial charge in [0.25, 0.3) is 0 Å². The van der Waals surface area contributed by atoms with Crippen LogP contribution in [0.4, 0.5) is 0 Å². The van der Waals surface area contributed by atoms with Gasteiger partial charge < -0.3 is 4.57 Å². The summed E-state index contributed by atoms with van der Waals surface area (Å²) < 4.78 is 3.18. The van der Waals surface area contributed by atoms with Gasteiger partial charge in [-0.2, -0.15) is 11.8 Å². The molecule has 1 aliphatic carbocycles. The summed E-state index contributed by atoms with van der Waals surface area (Å²) in [6, 6.07) is 8.59. The summed E-state index contributed by atoms with van der Waals surface area (Å²) in [6.07, 6.45) is 6.25. The van der Waals surface area contributed by atoms with Crippen molar-refractivity contribution >= 4 is 27.7 Å². The third-order valence-electron chi connectivity index (χ3n) is 4.00. The van der Waals surface area contributed by atoms with Crippen LogP contribution in [0.15, 0.2) is 35.1 Å². The molecule has 1 saturated carbocycles. The number of aromatic nitrogens is 3. The van der Waals surface area contributed by atoms with E-state index >= 15 is 0 Å². The quantitative estimate of drug-likeness (QED) is 0.860. The van der Waals surface area contributed by atoms with Crippen LogP contribution in [0.5, 0.6) is 0 Å². The van der Waals surface area contributed by atoms with Crippen molar-refractivity contribution in [3.8, 4) is 0 Å². The van der Waals surface area contributed by atoms with Gasteiger partial charge in [0.15, 0.2) is 0 Å². The third-order valence-corrected chi connectivity index (χ3v) is 5.50. The maximum Gasteiger partial charge on any atom is 0.143 e. The second-order valence-electron chi connectivity index (χ2n) is 5.12. The molecule has 1 aromatic heterocycles. The lowest BCUT2D eigenvalue weighted by molar-refractivity contribution is 0.290. The first-order valence-electron chi connectivity index (χ1n) is 6.29. The Morgan fingerprint density at radius 3 is 2.79 bits per heavy atom. The van der Waals surface area contributed by atoms with Crippen molar-refractivity contribution in [3.05, 3.63) is 46.5 Å². The van der Waals surface area contributed by atoms with Crippen LogP contribution in [0.25, 0.3) is 0 Å². The fourth-order valence-corrected chi connectivity index (χ4v) is 4.24. The second kappa shape index (κ2) is 4.94. The molecule has 1 aromatic carbocycles. The second-order valence-corrected chi connectivity index (χ2v) is 7.18. The molecule has 19 heavy (non-hydrogen) atoms. The van der Waals surface area contributed by atoms with E-state index in [1.54, 1.807) is 6.33 Å². The normalized spacial score (nSPS) is 26.2. The Morgan fingerprint density at radius 2 is 2.21 bits per heavy atom. The first-order chi connectivity index (χ1) is 9.15. The number of hydrogen-bond donors (Lipinski definition) is 0. The summed E-state index contributed by atoms with van der Waals surface area (Å²) >= 11 is 5.52. The molecular formula is C14H16BrN3S. The topological polar surface area (TPSA) is 30.7 Å². The zero-order valence-electron chi connectivity index (χ0n) is 11.0. The molecule has 0 aliphatic heterocycles. The van der Waals surface area contributed by atoms with Gasteiger partial charge in [0, 0.05) is 16.8 Å². The summed E-state index contributed by atoms with van der Waals surface area (Å²) in [5.41, 5.74) is 1.37. The van der Waals surface area contributed by atoms with Gasteiger partial charge in [-0.05, 0) is 36.8 Å². The highest BCUT2D eigenvalue weighted by atomic mass is 79.9. The van der Waals surface area contributed by atoms with E-state index in [0.29, 0.717) is 0 Å². The SMILES string of the molecule is CSC1CC(c2cccc(Br)c2)(c2nncn2C)C1. The van der Waals surface area contributed by atoms with E-state index in [1.807, 2.05) is 18.8 Å². The molecule has 5 heteroatoms. The maximum atomic E-state index is 4.37. The molecule has 0 atom stereocenters. The van der Waals surface area contributed by atoms with Crippen LogP contribution in [0.3, 0.4) is 0 Å². The van der Waals surface area contributed by atoms with Crippen LogP contribution in [-0.2, 0) is 12.5 Å². The van der Waals surface area contributed by atoms with Crippen molar-refractivity contribution in [1.82, 2.24) is 14.8 Å². The highest BCUT2D eigenvalue weighted by Gasteiger charge is 2.49. The van der Waals surface area contributed by atoms with Crippen molar-refractivity contribution in [2.45, 2.75) is 23.5 Å². The van der Waals surface area contributed by atoms with Crippen LogP contribution in [0, 0.1) is 0 Å². The fourth-order valence-electron chi connectivity index (χ4n) is 2.93. The van der Waals surface area contributed by atoms with Gasteiger partial charge in [-0.15, -0.1) is 10.2 Å². The highest BCUT2D eigenvalue weighted by molar-refractivity contribution is 9.10. The van der Waals surface area contributed by atoms with Crippen LogP contribution >= 0.6 is 27.7 Å². The van der Waals surface area contributed by atoms with Gasteiger partial charge in [-0.3, -0.25) is 0 Å². The Hall–Kier alpha value is -0.810. The monoisotopic (exact) mass is 337 g/mol. The predicted molar refractivity (Wildman–Crippen MR) is 82.5 cm³/mol. The fraction of sp³-hybridized carbons (Fsp3) is 0.429. The van der Waals surface area contributed by atoms with Crippen molar-refractivity contribution in [2.75, 3.05) is 6.26 Å². The molecule has 2 aromatic rings. The average Bonchev–Trinajstić information content (AvgIpc) is 2.76. The minimum Gasteiger partial charge on any atom is -0.320 e. The van der Waals surface area contributed by atoms with Crippen LogP contribution in [0.1, 0.15) is 24.2 Å².